The van der Waals surface area contributed by atoms with Gasteiger partial charge in [0.2, 0.25) is 11.8 Å². The highest BCUT2D eigenvalue weighted by atomic mass is 16.8. The summed E-state index contributed by atoms with van der Waals surface area (Å²) in [7, 11) is 0. The van der Waals surface area contributed by atoms with Gasteiger partial charge in [0, 0.05) is 20.3 Å². The average molecular weight is 673 g/mol. The Hall–Kier alpha value is -2.15. The quantitative estimate of drug-likeness (QED) is 0.0916. The maximum absolute atomic E-state index is 12.6. The second-order valence-corrected chi connectivity index (χ2v) is 11.5. The second kappa shape index (κ2) is 15.8. The summed E-state index contributed by atoms with van der Waals surface area (Å²) in [5.74, 6) is -6.22. The Morgan fingerprint density at radius 2 is 1.46 bits per heavy atom. The first-order valence-corrected chi connectivity index (χ1v) is 14.5. The third-order valence-corrected chi connectivity index (χ3v) is 8.14. The Morgan fingerprint density at radius 3 is 1.98 bits per heavy atom. The van der Waals surface area contributed by atoms with E-state index in [1.165, 1.54) is 13.8 Å². The lowest BCUT2D eigenvalue weighted by molar-refractivity contribution is -0.379. The van der Waals surface area contributed by atoms with Gasteiger partial charge in [-0.1, -0.05) is 0 Å². The van der Waals surface area contributed by atoms with Crippen molar-refractivity contribution in [2.45, 2.75) is 125 Å². The van der Waals surface area contributed by atoms with Gasteiger partial charge in [0.1, 0.15) is 61.0 Å². The molecule has 6 unspecified atom stereocenters. The molecule has 12 N–H and O–H groups in total. The molecule has 0 bridgehead atoms. The minimum Gasteiger partial charge on any atom is -0.477 e. The monoisotopic (exact) mass is 672 g/mol. The Labute approximate surface area is 262 Å². The number of rotatable bonds is 12. The molecule has 266 valence electrons. The predicted octanol–water partition coefficient (Wildman–Crippen LogP) is -7.01. The highest BCUT2D eigenvalue weighted by Gasteiger charge is 2.60. The molecule has 0 radical (unpaired) electrons. The molecule has 3 aliphatic heterocycles. The lowest BCUT2D eigenvalue weighted by Crippen LogP contribution is -2.71. The van der Waals surface area contributed by atoms with Gasteiger partial charge in [-0.3, -0.25) is 9.59 Å². The number of amides is 2. The highest BCUT2D eigenvalue weighted by Crippen LogP contribution is 2.38. The molecule has 2 amide bonds. The molecule has 3 rings (SSSR count). The van der Waals surface area contributed by atoms with E-state index in [2.05, 4.69) is 10.6 Å². The van der Waals surface area contributed by atoms with E-state index in [1.54, 1.807) is 0 Å². The van der Waals surface area contributed by atoms with Crippen molar-refractivity contribution in [1.29, 1.82) is 0 Å². The molecular weight excluding hydrogens is 628 g/mol. The second-order valence-electron chi connectivity index (χ2n) is 11.5. The third kappa shape index (κ3) is 8.10. The number of carbonyl (C=O) groups is 3. The molecule has 20 nitrogen and oxygen atoms in total. The number of hydrogen-bond donors (Lipinski definition) is 12. The normalized spacial score (nSPS) is 42.9. The molecular formula is C26H44N2O18. The number of aliphatic carboxylic acids is 1. The fourth-order valence-electron chi connectivity index (χ4n) is 5.82. The molecule has 16 atom stereocenters. The summed E-state index contributed by atoms with van der Waals surface area (Å²) in [6, 6.07) is -2.59. The number of carboxylic acids is 1. The summed E-state index contributed by atoms with van der Waals surface area (Å²) in [5.41, 5.74) is 0. The van der Waals surface area contributed by atoms with E-state index in [4.69, 9.17) is 23.7 Å². The van der Waals surface area contributed by atoms with Crippen molar-refractivity contribution in [2.24, 2.45) is 0 Å². The van der Waals surface area contributed by atoms with Crippen molar-refractivity contribution in [3.63, 3.8) is 0 Å². The van der Waals surface area contributed by atoms with Crippen LogP contribution in [0.4, 0.5) is 0 Å². The Kier molecular flexibility index (Phi) is 13.2. The van der Waals surface area contributed by atoms with Crippen LogP contribution in [-0.2, 0) is 38.1 Å². The summed E-state index contributed by atoms with van der Waals surface area (Å²) >= 11 is 0. The first-order chi connectivity index (χ1) is 21.5. The summed E-state index contributed by atoms with van der Waals surface area (Å²) in [5, 5.41) is 109. The van der Waals surface area contributed by atoms with Crippen molar-refractivity contribution in [2.75, 3.05) is 19.8 Å². The van der Waals surface area contributed by atoms with E-state index >= 15 is 0 Å². The van der Waals surface area contributed by atoms with Crippen molar-refractivity contribution in [3.8, 4) is 0 Å². The molecule has 20 heteroatoms. The van der Waals surface area contributed by atoms with E-state index in [1.807, 2.05) is 0 Å². The molecule has 3 aliphatic rings. The summed E-state index contributed by atoms with van der Waals surface area (Å²) in [4.78, 5) is 36.1. The molecule has 46 heavy (non-hydrogen) atoms. The lowest BCUT2D eigenvalue weighted by Gasteiger charge is -2.50. The number of ether oxygens (including phenoxy) is 5. The SMILES string of the molecule is CC(=O)NC1C(C)OC(CO)[C@@H](O[C@@H]2OC(CO)[C@H](O)[C@H](O[C@]3(C(=O)O)C[C@@H](O)[C@@H](NC(C)=O)C([C@H](O)[C@H](O)CO)O3)C2O)[C@@H]1O. The van der Waals surface area contributed by atoms with Gasteiger partial charge in [-0.15, -0.1) is 0 Å². The van der Waals surface area contributed by atoms with Crippen molar-refractivity contribution in [3.05, 3.63) is 0 Å². The van der Waals surface area contributed by atoms with Crippen LogP contribution in [0.2, 0.25) is 0 Å². The number of hydrogen-bond acceptors (Lipinski definition) is 17. The van der Waals surface area contributed by atoms with Crippen molar-refractivity contribution >= 4 is 17.8 Å². The molecule has 0 aliphatic carbocycles. The van der Waals surface area contributed by atoms with Crippen LogP contribution in [0.25, 0.3) is 0 Å². The molecule has 0 spiro atoms. The van der Waals surface area contributed by atoms with Gasteiger partial charge >= 0.3 is 5.97 Å². The van der Waals surface area contributed by atoms with Gasteiger partial charge in [0.15, 0.2) is 6.29 Å². The van der Waals surface area contributed by atoms with Gasteiger partial charge < -0.3 is 85.4 Å². The number of carbonyl (C=O) groups excluding carboxylic acids is 2. The van der Waals surface area contributed by atoms with Crippen LogP contribution in [0.5, 0.6) is 0 Å². The van der Waals surface area contributed by atoms with Crippen LogP contribution in [-0.4, -0.2) is 186 Å². The van der Waals surface area contributed by atoms with Gasteiger partial charge in [-0.25, -0.2) is 4.79 Å². The zero-order valence-electron chi connectivity index (χ0n) is 25.2. The van der Waals surface area contributed by atoms with Crippen molar-refractivity contribution < 1.29 is 89.1 Å². The van der Waals surface area contributed by atoms with Crippen LogP contribution < -0.4 is 10.6 Å². The third-order valence-electron chi connectivity index (χ3n) is 8.14. The summed E-state index contributed by atoms with van der Waals surface area (Å²) in [6.07, 6.45) is -23.7. The number of aliphatic hydroxyl groups is 9. The van der Waals surface area contributed by atoms with E-state index in [9.17, 15) is 65.4 Å². The fourth-order valence-corrected chi connectivity index (χ4v) is 5.82. The lowest BCUT2D eigenvalue weighted by atomic mass is 9.88. The average Bonchev–Trinajstić information content (AvgIpc) is 2.99. The maximum atomic E-state index is 12.6. The molecule has 0 aromatic carbocycles. The summed E-state index contributed by atoms with van der Waals surface area (Å²) in [6.45, 7) is 1.07. The van der Waals surface area contributed by atoms with Crippen LogP contribution in [0.15, 0.2) is 0 Å². The topological polar surface area (TPSA) is 324 Å². The standard InChI is InChI=1S/C26H44N2O18/c1-8-15(27-9(2)32)19(38)21(14(7-31)42-8)44-24-20(39)23(18(37)13(6-30)43-24)46-26(25(40)41)4-11(34)16(28-10(3)33)22(45-26)17(36)12(35)5-29/h8,11-24,29-31,34-39H,4-7H2,1-3H3,(H,27,32)(H,28,33)(H,40,41)/t8?,11-,12-,13?,14?,15?,16-,17-,18+,19-,20?,21-,22?,23+,24+,26+/m1/s1. The number of carboxylic acid groups (broad SMARTS) is 1. The van der Waals surface area contributed by atoms with E-state index in [0.29, 0.717) is 0 Å². The zero-order chi connectivity index (χ0) is 34.7. The van der Waals surface area contributed by atoms with Gasteiger partial charge in [0.25, 0.3) is 5.79 Å². The minimum absolute atomic E-state index is 0.532. The Balaban J connectivity index is 1.95. The highest BCUT2D eigenvalue weighted by molar-refractivity contribution is 5.76. The van der Waals surface area contributed by atoms with Crippen LogP contribution in [0, 0.1) is 0 Å². The van der Waals surface area contributed by atoms with Crippen LogP contribution >= 0.6 is 0 Å². The van der Waals surface area contributed by atoms with E-state index < -0.39 is 141 Å². The molecule has 0 aromatic rings. The smallest absolute Gasteiger partial charge is 0.364 e. The van der Waals surface area contributed by atoms with Crippen LogP contribution in [0.3, 0.4) is 0 Å². The van der Waals surface area contributed by atoms with E-state index in [0.717, 1.165) is 6.92 Å². The van der Waals surface area contributed by atoms with E-state index in [-0.39, 0.29) is 0 Å². The predicted molar refractivity (Wildman–Crippen MR) is 145 cm³/mol. The Bertz CT molecular complexity index is 1050. The molecule has 0 saturated carbocycles. The van der Waals surface area contributed by atoms with Gasteiger partial charge in [-0.2, -0.15) is 0 Å². The molecule has 3 heterocycles. The minimum atomic E-state index is -3.00. The summed E-state index contributed by atoms with van der Waals surface area (Å²) < 4.78 is 28.1. The van der Waals surface area contributed by atoms with Gasteiger partial charge in [-0.05, 0) is 6.92 Å². The van der Waals surface area contributed by atoms with Crippen LogP contribution in [0.1, 0.15) is 27.2 Å². The molecule has 3 fully saturated rings. The largest absolute Gasteiger partial charge is 0.477 e. The maximum Gasteiger partial charge on any atom is 0.364 e. The first kappa shape index (κ1) is 38.3. The first-order valence-electron chi connectivity index (χ1n) is 14.5. The number of nitrogens with one attached hydrogen (secondary N) is 2. The fraction of sp³-hybridized carbons (Fsp3) is 0.885. The molecule has 0 aromatic heterocycles. The number of aliphatic hydroxyl groups excluding tert-OH is 9. The Morgan fingerprint density at radius 1 is 0.870 bits per heavy atom. The van der Waals surface area contributed by atoms with Gasteiger partial charge in [0.05, 0.1) is 44.1 Å². The van der Waals surface area contributed by atoms with Crippen molar-refractivity contribution in [1.82, 2.24) is 10.6 Å². The molecule has 3 saturated heterocycles. The zero-order valence-corrected chi connectivity index (χ0v) is 25.2.